The highest BCUT2D eigenvalue weighted by Crippen LogP contribution is 2.15. The van der Waals surface area contributed by atoms with E-state index in [1.54, 1.807) is 0 Å². The molecule has 1 unspecified atom stereocenters. The van der Waals surface area contributed by atoms with Crippen LogP contribution in [0.25, 0.3) is 0 Å². The van der Waals surface area contributed by atoms with Crippen LogP contribution < -0.4 is 0 Å². The van der Waals surface area contributed by atoms with Gasteiger partial charge in [-0.2, -0.15) is 0 Å². The Labute approximate surface area is 102 Å². The van der Waals surface area contributed by atoms with E-state index in [1.807, 2.05) is 0 Å². The standard InChI is InChI=1S/C15H30O/c1-13(2)7-5-8-14(3)9-6-10-15(4)11-12-16/h9,13,15-16H,5-8,10-12H2,1-4H3. The van der Waals surface area contributed by atoms with Gasteiger partial charge in [0.1, 0.15) is 0 Å². The van der Waals surface area contributed by atoms with Crippen molar-refractivity contribution in [1.82, 2.24) is 0 Å². The molecule has 0 bridgehead atoms. The van der Waals surface area contributed by atoms with Gasteiger partial charge in [-0.25, -0.2) is 0 Å². The Hall–Kier alpha value is -0.300. The minimum absolute atomic E-state index is 0.332. The van der Waals surface area contributed by atoms with Gasteiger partial charge < -0.3 is 5.11 Å². The molecule has 0 aromatic heterocycles. The molecule has 0 radical (unpaired) electrons. The lowest BCUT2D eigenvalue weighted by Crippen LogP contribution is -1.97. The molecule has 1 atom stereocenters. The highest BCUT2D eigenvalue weighted by atomic mass is 16.3. The third kappa shape index (κ3) is 10.2. The lowest BCUT2D eigenvalue weighted by Gasteiger charge is -2.08. The average molecular weight is 226 g/mol. The SMILES string of the molecule is CC(=CCCC(C)CCO)CCCC(C)C. The van der Waals surface area contributed by atoms with Gasteiger partial charge in [-0.3, -0.25) is 0 Å². The largest absolute Gasteiger partial charge is 0.396 e. The maximum absolute atomic E-state index is 8.80. The van der Waals surface area contributed by atoms with Crippen molar-refractivity contribution in [2.75, 3.05) is 6.61 Å². The Kier molecular flexibility index (Phi) is 9.71. The van der Waals surface area contributed by atoms with E-state index < -0.39 is 0 Å². The van der Waals surface area contributed by atoms with E-state index in [0.29, 0.717) is 12.5 Å². The molecule has 0 aromatic carbocycles. The molecule has 1 N–H and O–H groups in total. The summed E-state index contributed by atoms with van der Waals surface area (Å²) >= 11 is 0. The fraction of sp³-hybridized carbons (Fsp3) is 0.867. The van der Waals surface area contributed by atoms with Crippen molar-refractivity contribution in [3.63, 3.8) is 0 Å². The van der Waals surface area contributed by atoms with Crippen LogP contribution in [0.1, 0.15) is 66.2 Å². The van der Waals surface area contributed by atoms with Crippen molar-refractivity contribution in [2.45, 2.75) is 66.2 Å². The minimum Gasteiger partial charge on any atom is -0.396 e. The second-order valence-electron chi connectivity index (χ2n) is 5.53. The van der Waals surface area contributed by atoms with Crippen molar-refractivity contribution in [3.8, 4) is 0 Å². The summed E-state index contributed by atoms with van der Waals surface area (Å²) in [5.41, 5.74) is 1.54. The summed E-state index contributed by atoms with van der Waals surface area (Å²) < 4.78 is 0. The minimum atomic E-state index is 0.332. The number of rotatable bonds is 9. The van der Waals surface area contributed by atoms with Crippen LogP contribution in [0.4, 0.5) is 0 Å². The summed E-state index contributed by atoms with van der Waals surface area (Å²) in [6.45, 7) is 9.37. The highest BCUT2D eigenvalue weighted by molar-refractivity contribution is 4.97. The Morgan fingerprint density at radius 3 is 2.38 bits per heavy atom. The fourth-order valence-corrected chi connectivity index (χ4v) is 1.87. The first-order chi connectivity index (χ1) is 7.56. The quantitative estimate of drug-likeness (QED) is 0.571. The van der Waals surface area contributed by atoms with E-state index in [1.165, 1.54) is 37.7 Å². The number of hydrogen-bond donors (Lipinski definition) is 1. The summed E-state index contributed by atoms with van der Waals surface area (Å²) in [7, 11) is 0. The third-order valence-electron chi connectivity index (χ3n) is 3.13. The molecule has 0 aliphatic heterocycles. The Balaban J connectivity index is 3.54. The summed E-state index contributed by atoms with van der Waals surface area (Å²) in [5, 5.41) is 8.80. The number of aliphatic hydroxyl groups is 1. The fourth-order valence-electron chi connectivity index (χ4n) is 1.87. The zero-order valence-corrected chi connectivity index (χ0v) is 11.6. The lowest BCUT2D eigenvalue weighted by atomic mass is 9.99. The molecule has 0 rings (SSSR count). The van der Waals surface area contributed by atoms with Gasteiger partial charge in [0.15, 0.2) is 0 Å². The van der Waals surface area contributed by atoms with Gasteiger partial charge in [-0.05, 0) is 50.9 Å². The van der Waals surface area contributed by atoms with Crippen molar-refractivity contribution in [1.29, 1.82) is 0 Å². The van der Waals surface area contributed by atoms with E-state index in [4.69, 9.17) is 5.11 Å². The van der Waals surface area contributed by atoms with Gasteiger partial charge in [0.2, 0.25) is 0 Å². The molecule has 0 aromatic rings. The van der Waals surface area contributed by atoms with E-state index in [9.17, 15) is 0 Å². The van der Waals surface area contributed by atoms with Crippen LogP contribution in [0.2, 0.25) is 0 Å². The molecule has 0 saturated heterocycles. The number of aliphatic hydroxyl groups excluding tert-OH is 1. The first-order valence-electron chi connectivity index (χ1n) is 6.82. The molecule has 1 heteroatoms. The van der Waals surface area contributed by atoms with Crippen molar-refractivity contribution < 1.29 is 5.11 Å². The topological polar surface area (TPSA) is 20.2 Å². The second kappa shape index (κ2) is 9.89. The zero-order chi connectivity index (χ0) is 12.4. The van der Waals surface area contributed by atoms with E-state index in [0.717, 1.165) is 12.3 Å². The molecule has 0 spiro atoms. The molecular weight excluding hydrogens is 196 g/mol. The maximum atomic E-state index is 8.80. The van der Waals surface area contributed by atoms with E-state index >= 15 is 0 Å². The molecule has 0 heterocycles. The van der Waals surface area contributed by atoms with Crippen LogP contribution in [0.5, 0.6) is 0 Å². The normalized spacial score (nSPS) is 14.5. The zero-order valence-electron chi connectivity index (χ0n) is 11.6. The first-order valence-corrected chi connectivity index (χ1v) is 6.82. The third-order valence-corrected chi connectivity index (χ3v) is 3.13. The molecule has 0 saturated carbocycles. The van der Waals surface area contributed by atoms with Gasteiger partial charge >= 0.3 is 0 Å². The Morgan fingerprint density at radius 1 is 1.12 bits per heavy atom. The van der Waals surface area contributed by atoms with Gasteiger partial charge in [0, 0.05) is 6.61 Å². The second-order valence-corrected chi connectivity index (χ2v) is 5.53. The Bertz CT molecular complexity index is 182. The summed E-state index contributed by atoms with van der Waals surface area (Å²) in [4.78, 5) is 0. The smallest absolute Gasteiger partial charge is 0.0433 e. The molecule has 16 heavy (non-hydrogen) atoms. The summed E-state index contributed by atoms with van der Waals surface area (Å²) in [6.07, 6.45) is 9.63. The molecule has 0 fully saturated rings. The van der Waals surface area contributed by atoms with E-state index in [-0.39, 0.29) is 0 Å². The monoisotopic (exact) mass is 226 g/mol. The van der Waals surface area contributed by atoms with Crippen LogP contribution in [0.15, 0.2) is 11.6 Å². The molecule has 96 valence electrons. The first kappa shape index (κ1) is 15.7. The van der Waals surface area contributed by atoms with Gasteiger partial charge in [0.05, 0.1) is 0 Å². The summed E-state index contributed by atoms with van der Waals surface area (Å²) in [6, 6.07) is 0. The molecule has 0 aliphatic carbocycles. The predicted molar refractivity (Wildman–Crippen MR) is 72.5 cm³/mol. The lowest BCUT2D eigenvalue weighted by molar-refractivity contribution is 0.259. The number of hydrogen-bond acceptors (Lipinski definition) is 1. The number of allylic oxidation sites excluding steroid dienone is 2. The van der Waals surface area contributed by atoms with Crippen LogP contribution in [0.3, 0.4) is 0 Å². The molecule has 0 aliphatic rings. The maximum Gasteiger partial charge on any atom is 0.0433 e. The van der Waals surface area contributed by atoms with Crippen LogP contribution in [-0.2, 0) is 0 Å². The molecule has 1 nitrogen and oxygen atoms in total. The van der Waals surface area contributed by atoms with Crippen molar-refractivity contribution in [2.24, 2.45) is 11.8 Å². The van der Waals surface area contributed by atoms with Crippen molar-refractivity contribution >= 4 is 0 Å². The Morgan fingerprint density at radius 2 is 1.81 bits per heavy atom. The van der Waals surface area contributed by atoms with Crippen LogP contribution >= 0.6 is 0 Å². The predicted octanol–water partition coefficient (Wildman–Crippen LogP) is 4.56. The van der Waals surface area contributed by atoms with Crippen LogP contribution in [-0.4, -0.2) is 11.7 Å². The average Bonchev–Trinajstić information content (AvgIpc) is 2.17. The molecule has 0 amide bonds. The van der Waals surface area contributed by atoms with Gasteiger partial charge in [-0.15, -0.1) is 0 Å². The summed E-state index contributed by atoms with van der Waals surface area (Å²) in [5.74, 6) is 1.49. The van der Waals surface area contributed by atoms with Gasteiger partial charge in [0.25, 0.3) is 0 Å². The van der Waals surface area contributed by atoms with Gasteiger partial charge in [-0.1, -0.05) is 38.8 Å². The highest BCUT2D eigenvalue weighted by Gasteiger charge is 2.00. The van der Waals surface area contributed by atoms with Crippen LogP contribution in [0, 0.1) is 11.8 Å². The van der Waals surface area contributed by atoms with E-state index in [2.05, 4.69) is 33.8 Å². The van der Waals surface area contributed by atoms with Crippen molar-refractivity contribution in [3.05, 3.63) is 11.6 Å². The molecular formula is C15H30O.